The molecule has 1 heterocycles. The summed E-state index contributed by atoms with van der Waals surface area (Å²) in [5.41, 5.74) is 0. The van der Waals surface area contributed by atoms with Crippen LogP contribution in [0.1, 0.15) is 39.5 Å². The van der Waals surface area contributed by atoms with Crippen LogP contribution in [-0.4, -0.2) is 17.2 Å². The van der Waals surface area contributed by atoms with E-state index in [1.165, 1.54) is 38.0 Å². The standard InChI is InChI=1S/C11H21NS/c1-9-3-5-11(6-4-9)12-7-10(2)8-13-11/h9-10,12H,3-8H2,1-2H3. The lowest BCUT2D eigenvalue weighted by Gasteiger charge is -2.44. The smallest absolute Gasteiger partial charge is 0.0645 e. The highest BCUT2D eigenvalue weighted by Crippen LogP contribution is 2.42. The van der Waals surface area contributed by atoms with Gasteiger partial charge in [0, 0.05) is 0 Å². The molecule has 0 aromatic heterocycles. The van der Waals surface area contributed by atoms with Gasteiger partial charge in [0.25, 0.3) is 0 Å². The van der Waals surface area contributed by atoms with Crippen LogP contribution in [0.25, 0.3) is 0 Å². The molecule has 1 unspecified atom stereocenters. The minimum Gasteiger partial charge on any atom is -0.303 e. The second kappa shape index (κ2) is 3.82. The number of rotatable bonds is 0. The first-order chi connectivity index (χ1) is 6.20. The minimum absolute atomic E-state index is 0.485. The summed E-state index contributed by atoms with van der Waals surface area (Å²) >= 11 is 2.19. The Kier molecular flexibility index (Phi) is 2.89. The van der Waals surface area contributed by atoms with Crippen LogP contribution in [0.5, 0.6) is 0 Å². The van der Waals surface area contributed by atoms with Crippen LogP contribution in [0.4, 0.5) is 0 Å². The Morgan fingerprint density at radius 2 is 1.85 bits per heavy atom. The van der Waals surface area contributed by atoms with Crippen molar-refractivity contribution in [3.8, 4) is 0 Å². The van der Waals surface area contributed by atoms with Crippen LogP contribution < -0.4 is 5.32 Å². The fourth-order valence-electron chi connectivity index (χ4n) is 2.32. The van der Waals surface area contributed by atoms with Crippen molar-refractivity contribution in [3.05, 3.63) is 0 Å². The Morgan fingerprint density at radius 3 is 2.38 bits per heavy atom. The van der Waals surface area contributed by atoms with Crippen molar-refractivity contribution in [2.24, 2.45) is 11.8 Å². The average molecular weight is 199 g/mol. The normalized spacial score (nSPS) is 46.6. The third-order valence-corrected chi connectivity index (χ3v) is 5.34. The topological polar surface area (TPSA) is 12.0 Å². The molecule has 1 N–H and O–H groups in total. The highest BCUT2D eigenvalue weighted by molar-refractivity contribution is 8.00. The molecule has 2 heteroatoms. The second-order valence-corrected chi connectivity index (χ2v) is 6.38. The van der Waals surface area contributed by atoms with Gasteiger partial charge in [-0.2, -0.15) is 0 Å². The third kappa shape index (κ3) is 2.21. The molecule has 2 aliphatic rings. The van der Waals surface area contributed by atoms with Gasteiger partial charge in [-0.25, -0.2) is 0 Å². The molecule has 0 radical (unpaired) electrons. The molecule has 0 aromatic carbocycles. The van der Waals surface area contributed by atoms with Crippen LogP contribution >= 0.6 is 11.8 Å². The Labute approximate surface area is 86.0 Å². The zero-order valence-electron chi connectivity index (χ0n) is 8.81. The molecule has 0 aromatic rings. The SMILES string of the molecule is CC1CCC2(CC1)NCC(C)CS2. The summed E-state index contributed by atoms with van der Waals surface area (Å²) in [6, 6.07) is 0. The van der Waals surface area contributed by atoms with Gasteiger partial charge in [0.15, 0.2) is 0 Å². The summed E-state index contributed by atoms with van der Waals surface area (Å²) < 4.78 is 0. The van der Waals surface area contributed by atoms with Gasteiger partial charge in [-0.05, 0) is 49.8 Å². The Bertz CT molecular complexity index is 141. The van der Waals surface area contributed by atoms with Crippen LogP contribution in [0, 0.1) is 11.8 Å². The molecular formula is C11H21NS. The molecule has 1 nitrogen and oxygen atoms in total. The molecule has 76 valence electrons. The maximum atomic E-state index is 3.77. The fourth-order valence-corrected chi connectivity index (χ4v) is 3.75. The van der Waals surface area contributed by atoms with Crippen molar-refractivity contribution >= 4 is 11.8 Å². The van der Waals surface area contributed by atoms with Crippen LogP contribution in [0.3, 0.4) is 0 Å². The molecule has 1 saturated carbocycles. The summed E-state index contributed by atoms with van der Waals surface area (Å²) in [6.45, 7) is 5.97. The molecule has 0 bridgehead atoms. The van der Waals surface area contributed by atoms with E-state index in [0.717, 1.165) is 11.8 Å². The van der Waals surface area contributed by atoms with E-state index in [9.17, 15) is 0 Å². The molecule has 0 amide bonds. The van der Waals surface area contributed by atoms with Crippen molar-refractivity contribution in [1.82, 2.24) is 5.32 Å². The van der Waals surface area contributed by atoms with Gasteiger partial charge in [-0.1, -0.05) is 13.8 Å². The van der Waals surface area contributed by atoms with Crippen LogP contribution in [0.15, 0.2) is 0 Å². The Morgan fingerprint density at radius 1 is 1.15 bits per heavy atom. The van der Waals surface area contributed by atoms with Crippen molar-refractivity contribution in [1.29, 1.82) is 0 Å². The number of thioether (sulfide) groups is 1. The van der Waals surface area contributed by atoms with E-state index < -0.39 is 0 Å². The first kappa shape index (κ1) is 9.85. The van der Waals surface area contributed by atoms with E-state index in [0.29, 0.717) is 4.87 Å². The predicted molar refractivity (Wildman–Crippen MR) is 60.0 cm³/mol. The van der Waals surface area contributed by atoms with Gasteiger partial charge < -0.3 is 5.32 Å². The van der Waals surface area contributed by atoms with Gasteiger partial charge in [-0.15, -0.1) is 11.8 Å². The van der Waals surface area contributed by atoms with Gasteiger partial charge in [0.2, 0.25) is 0 Å². The van der Waals surface area contributed by atoms with E-state index in [2.05, 4.69) is 30.9 Å². The van der Waals surface area contributed by atoms with Gasteiger partial charge >= 0.3 is 0 Å². The molecule has 1 aliphatic heterocycles. The monoisotopic (exact) mass is 199 g/mol. The molecular weight excluding hydrogens is 178 g/mol. The van der Waals surface area contributed by atoms with Gasteiger partial charge in [-0.3, -0.25) is 0 Å². The lowest BCUT2D eigenvalue weighted by atomic mass is 9.86. The highest BCUT2D eigenvalue weighted by Gasteiger charge is 2.36. The zero-order chi connectivity index (χ0) is 9.31. The quantitative estimate of drug-likeness (QED) is 0.644. The van der Waals surface area contributed by atoms with Crippen LogP contribution in [-0.2, 0) is 0 Å². The number of hydrogen-bond donors (Lipinski definition) is 1. The molecule has 1 aliphatic carbocycles. The Hall–Kier alpha value is 0.310. The van der Waals surface area contributed by atoms with Crippen molar-refractivity contribution in [2.45, 2.75) is 44.4 Å². The first-order valence-corrected chi connectivity index (χ1v) is 6.58. The van der Waals surface area contributed by atoms with Crippen molar-refractivity contribution in [2.75, 3.05) is 12.3 Å². The molecule has 1 atom stereocenters. The maximum absolute atomic E-state index is 3.77. The number of hydrogen-bond acceptors (Lipinski definition) is 2. The zero-order valence-corrected chi connectivity index (χ0v) is 9.62. The maximum Gasteiger partial charge on any atom is 0.0645 e. The summed E-state index contributed by atoms with van der Waals surface area (Å²) in [6.07, 6.45) is 5.64. The van der Waals surface area contributed by atoms with Crippen molar-refractivity contribution in [3.63, 3.8) is 0 Å². The summed E-state index contributed by atoms with van der Waals surface area (Å²) in [5.74, 6) is 3.20. The molecule has 2 fully saturated rings. The molecule has 13 heavy (non-hydrogen) atoms. The molecule has 2 rings (SSSR count). The largest absolute Gasteiger partial charge is 0.303 e. The fraction of sp³-hybridized carbons (Fsp3) is 1.00. The average Bonchev–Trinajstić information content (AvgIpc) is 2.16. The van der Waals surface area contributed by atoms with E-state index >= 15 is 0 Å². The van der Waals surface area contributed by atoms with Crippen molar-refractivity contribution < 1.29 is 0 Å². The summed E-state index contributed by atoms with van der Waals surface area (Å²) in [7, 11) is 0. The first-order valence-electron chi connectivity index (χ1n) is 5.59. The van der Waals surface area contributed by atoms with Gasteiger partial charge in [0.05, 0.1) is 4.87 Å². The third-order valence-electron chi connectivity index (χ3n) is 3.50. The predicted octanol–water partition coefficient (Wildman–Crippen LogP) is 2.87. The number of nitrogens with one attached hydrogen (secondary N) is 1. The summed E-state index contributed by atoms with van der Waals surface area (Å²) in [4.78, 5) is 0.485. The second-order valence-electron chi connectivity index (χ2n) is 4.97. The minimum atomic E-state index is 0.485. The molecule has 1 spiro atoms. The van der Waals surface area contributed by atoms with Gasteiger partial charge in [0.1, 0.15) is 0 Å². The van der Waals surface area contributed by atoms with E-state index in [4.69, 9.17) is 0 Å². The lowest BCUT2D eigenvalue weighted by molar-refractivity contribution is 0.265. The highest BCUT2D eigenvalue weighted by atomic mass is 32.2. The summed E-state index contributed by atoms with van der Waals surface area (Å²) in [5, 5.41) is 3.77. The lowest BCUT2D eigenvalue weighted by Crippen LogP contribution is -2.50. The van der Waals surface area contributed by atoms with Crippen LogP contribution in [0.2, 0.25) is 0 Å². The van der Waals surface area contributed by atoms with E-state index in [-0.39, 0.29) is 0 Å². The van der Waals surface area contributed by atoms with E-state index in [1.54, 1.807) is 0 Å². The molecule has 1 saturated heterocycles. The van der Waals surface area contributed by atoms with E-state index in [1.807, 2.05) is 0 Å². The Balaban J connectivity index is 1.90.